The SMILES string of the molecule is CCc1c(Cl)cc(Br)c(C=O)c1F. The van der Waals surface area contributed by atoms with E-state index in [4.69, 9.17) is 11.6 Å². The maximum atomic E-state index is 13.4. The molecular formula is C9H7BrClFO. The summed E-state index contributed by atoms with van der Waals surface area (Å²) in [4.78, 5) is 10.5. The minimum atomic E-state index is -0.531. The summed E-state index contributed by atoms with van der Waals surface area (Å²) in [5, 5.41) is 0.345. The van der Waals surface area contributed by atoms with Gasteiger partial charge in [-0.1, -0.05) is 18.5 Å². The number of rotatable bonds is 2. The predicted molar refractivity (Wildman–Crippen MR) is 53.9 cm³/mol. The van der Waals surface area contributed by atoms with E-state index in [1.54, 1.807) is 6.92 Å². The number of carbonyl (C=O) groups is 1. The van der Waals surface area contributed by atoms with Crippen molar-refractivity contribution >= 4 is 33.8 Å². The van der Waals surface area contributed by atoms with Crippen LogP contribution in [0.3, 0.4) is 0 Å². The molecule has 0 unspecified atom stereocenters. The molecule has 0 saturated carbocycles. The van der Waals surface area contributed by atoms with E-state index in [9.17, 15) is 9.18 Å². The largest absolute Gasteiger partial charge is 0.298 e. The van der Waals surface area contributed by atoms with E-state index in [0.717, 1.165) is 0 Å². The number of carbonyl (C=O) groups excluding carboxylic acids is 1. The molecule has 0 aromatic heterocycles. The predicted octanol–water partition coefficient (Wildman–Crippen LogP) is 3.62. The van der Waals surface area contributed by atoms with Gasteiger partial charge in [-0.25, -0.2) is 4.39 Å². The van der Waals surface area contributed by atoms with Crippen LogP contribution in [0.5, 0.6) is 0 Å². The van der Waals surface area contributed by atoms with Crippen LogP contribution in [0.2, 0.25) is 5.02 Å². The number of hydrogen-bond acceptors (Lipinski definition) is 1. The van der Waals surface area contributed by atoms with Crippen LogP contribution >= 0.6 is 27.5 Å². The molecule has 0 N–H and O–H groups in total. The van der Waals surface area contributed by atoms with Crippen LogP contribution in [0.1, 0.15) is 22.8 Å². The third-order valence-electron chi connectivity index (χ3n) is 1.77. The Morgan fingerprint density at radius 1 is 1.69 bits per heavy atom. The van der Waals surface area contributed by atoms with E-state index in [1.807, 2.05) is 0 Å². The summed E-state index contributed by atoms with van der Waals surface area (Å²) in [6.45, 7) is 1.78. The normalized spacial score (nSPS) is 10.2. The van der Waals surface area contributed by atoms with Crippen molar-refractivity contribution in [1.82, 2.24) is 0 Å². The van der Waals surface area contributed by atoms with Crippen LogP contribution in [-0.2, 0) is 6.42 Å². The van der Waals surface area contributed by atoms with E-state index in [2.05, 4.69) is 15.9 Å². The Balaban J connectivity index is 3.47. The van der Waals surface area contributed by atoms with Gasteiger partial charge in [0.15, 0.2) is 6.29 Å². The molecule has 0 spiro atoms. The summed E-state index contributed by atoms with van der Waals surface area (Å²) in [7, 11) is 0. The first kappa shape index (κ1) is 10.7. The second kappa shape index (κ2) is 4.20. The minimum absolute atomic E-state index is 0.0289. The Morgan fingerprint density at radius 3 is 2.77 bits per heavy atom. The molecule has 0 radical (unpaired) electrons. The van der Waals surface area contributed by atoms with Gasteiger partial charge in [-0.15, -0.1) is 0 Å². The number of halogens is 3. The first-order valence-corrected chi connectivity index (χ1v) is 4.90. The van der Waals surface area contributed by atoms with Gasteiger partial charge in [0, 0.05) is 15.1 Å². The van der Waals surface area contributed by atoms with Crippen LogP contribution in [0, 0.1) is 5.82 Å². The van der Waals surface area contributed by atoms with E-state index < -0.39 is 5.82 Å². The smallest absolute Gasteiger partial charge is 0.154 e. The molecule has 0 saturated heterocycles. The highest BCUT2D eigenvalue weighted by atomic mass is 79.9. The number of aldehydes is 1. The summed E-state index contributed by atoms with van der Waals surface area (Å²) in [5.41, 5.74) is 0.410. The molecule has 0 heterocycles. The zero-order chi connectivity index (χ0) is 10.0. The average Bonchev–Trinajstić information content (AvgIpc) is 2.04. The first-order valence-electron chi connectivity index (χ1n) is 3.73. The van der Waals surface area contributed by atoms with E-state index in [1.165, 1.54) is 6.07 Å². The molecule has 0 aliphatic rings. The van der Waals surface area contributed by atoms with Gasteiger partial charge in [0.2, 0.25) is 0 Å². The van der Waals surface area contributed by atoms with Crippen molar-refractivity contribution in [3.63, 3.8) is 0 Å². The van der Waals surface area contributed by atoms with Crippen molar-refractivity contribution in [1.29, 1.82) is 0 Å². The van der Waals surface area contributed by atoms with Crippen LogP contribution < -0.4 is 0 Å². The molecule has 1 rings (SSSR count). The lowest BCUT2D eigenvalue weighted by Gasteiger charge is -2.06. The Labute approximate surface area is 89.0 Å². The molecule has 0 bridgehead atoms. The van der Waals surface area contributed by atoms with Gasteiger partial charge in [0.1, 0.15) is 5.82 Å². The van der Waals surface area contributed by atoms with Gasteiger partial charge in [-0.3, -0.25) is 4.79 Å². The Hall–Kier alpha value is -0.410. The van der Waals surface area contributed by atoms with E-state index in [-0.39, 0.29) is 5.56 Å². The second-order valence-electron chi connectivity index (χ2n) is 2.52. The van der Waals surface area contributed by atoms with Crippen molar-refractivity contribution in [3.8, 4) is 0 Å². The quantitative estimate of drug-likeness (QED) is 0.747. The Bertz CT molecular complexity index is 352. The molecule has 0 aliphatic heterocycles. The monoisotopic (exact) mass is 264 g/mol. The fraction of sp³-hybridized carbons (Fsp3) is 0.222. The van der Waals surface area contributed by atoms with Gasteiger partial charge in [-0.05, 0) is 28.4 Å². The number of benzene rings is 1. The molecule has 0 amide bonds. The lowest BCUT2D eigenvalue weighted by Crippen LogP contribution is -1.97. The van der Waals surface area contributed by atoms with Crippen LogP contribution in [0.15, 0.2) is 10.5 Å². The fourth-order valence-electron chi connectivity index (χ4n) is 1.08. The molecule has 0 aliphatic carbocycles. The second-order valence-corrected chi connectivity index (χ2v) is 3.78. The lowest BCUT2D eigenvalue weighted by molar-refractivity contribution is 0.111. The maximum Gasteiger partial charge on any atom is 0.154 e. The zero-order valence-electron chi connectivity index (χ0n) is 6.90. The van der Waals surface area contributed by atoms with Gasteiger partial charge in [-0.2, -0.15) is 0 Å². The van der Waals surface area contributed by atoms with Crippen LogP contribution in [0.4, 0.5) is 4.39 Å². The molecule has 1 aromatic carbocycles. The van der Waals surface area contributed by atoms with E-state index in [0.29, 0.717) is 27.8 Å². The molecular weight excluding hydrogens is 258 g/mol. The van der Waals surface area contributed by atoms with Crippen LogP contribution in [-0.4, -0.2) is 6.29 Å². The Morgan fingerprint density at radius 2 is 2.31 bits per heavy atom. The topological polar surface area (TPSA) is 17.1 Å². The third kappa shape index (κ3) is 1.92. The minimum Gasteiger partial charge on any atom is -0.298 e. The van der Waals surface area contributed by atoms with Crippen molar-refractivity contribution in [2.75, 3.05) is 0 Å². The molecule has 0 atom stereocenters. The molecule has 13 heavy (non-hydrogen) atoms. The third-order valence-corrected chi connectivity index (χ3v) is 2.77. The molecule has 0 fully saturated rings. The van der Waals surface area contributed by atoms with Crippen molar-refractivity contribution in [3.05, 3.63) is 32.5 Å². The Kier molecular flexibility index (Phi) is 3.45. The summed E-state index contributed by atoms with van der Waals surface area (Å²) in [6.07, 6.45) is 0.952. The summed E-state index contributed by atoms with van der Waals surface area (Å²) < 4.78 is 13.8. The van der Waals surface area contributed by atoms with Crippen LogP contribution in [0.25, 0.3) is 0 Å². The number of hydrogen-bond donors (Lipinski definition) is 0. The molecule has 1 aromatic rings. The molecule has 70 valence electrons. The lowest BCUT2D eigenvalue weighted by atomic mass is 10.1. The van der Waals surface area contributed by atoms with Crippen molar-refractivity contribution < 1.29 is 9.18 Å². The maximum absolute atomic E-state index is 13.4. The standard InChI is InChI=1S/C9H7BrClFO/c1-2-5-8(11)3-7(10)6(4-13)9(5)12/h3-4H,2H2,1H3. The van der Waals surface area contributed by atoms with Crippen molar-refractivity contribution in [2.45, 2.75) is 13.3 Å². The summed E-state index contributed by atoms with van der Waals surface area (Å²) in [5.74, 6) is -0.531. The van der Waals surface area contributed by atoms with Gasteiger partial charge < -0.3 is 0 Å². The van der Waals surface area contributed by atoms with Gasteiger partial charge >= 0.3 is 0 Å². The average molecular weight is 266 g/mol. The zero-order valence-corrected chi connectivity index (χ0v) is 9.25. The van der Waals surface area contributed by atoms with E-state index >= 15 is 0 Å². The fourth-order valence-corrected chi connectivity index (χ4v) is 2.03. The van der Waals surface area contributed by atoms with Gasteiger partial charge in [0.25, 0.3) is 0 Å². The summed E-state index contributed by atoms with van der Waals surface area (Å²) in [6, 6.07) is 1.53. The molecule has 4 heteroatoms. The summed E-state index contributed by atoms with van der Waals surface area (Å²) >= 11 is 8.84. The van der Waals surface area contributed by atoms with Crippen molar-refractivity contribution in [2.24, 2.45) is 0 Å². The first-order chi connectivity index (χ1) is 6.11. The van der Waals surface area contributed by atoms with Gasteiger partial charge in [0.05, 0.1) is 5.56 Å². The highest BCUT2D eigenvalue weighted by Crippen LogP contribution is 2.28. The highest BCUT2D eigenvalue weighted by molar-refractivity contribution is 9.10. The molecule has 1 nitrogen and oxygen atoms in total. The highest BCUT2D eigenvalue weighted by Gasteiger charge is 2.13.